The van der Waals surface area contributed by atoms with Crippen LogP contribution < -0.4 is 4.90 Å². The van der Waals surface area contributed by atoms with Crippen LogP contribution in [0.25, 0.3) is 11.1 Å². The summed E-state index contributed by atoms with van der Waals surface area (Å²) < 4.78 is 5.93. The zero-order chi connectivity index (χ0) is 23.7. The lowest BCUT2D eigenvalue weighted by Gasteiger charge is -2.35. The van der Waals surface area contributed by atoms with Gasteiger partial charge in [0.1, 0.15) is 12.4 Å². The van der Waals surface area contributed by atoms with Crippen LogP contribution in [-0.2, 0) is 9.53 Å². The summed E-state index contributed by atoms with van der Waals surface area (Å²) in [6.07, 6.45) is 3.75. The molecule has 2 atom stereocenters. The van der Waals surface area contributed by atoms with Crippen LogP contribution >= 0.6 is 0 Å². The Morgan fingerprint density at radius 1 is 1.00 bits per heavy atom. The molecule has 0 unspecified atom stereocenters. The number of rotatable bonds is 5. The van der Waals surface area contributed by atoms with Gasteiger partial charge in [-0.15, -0.1) is 0 Å². The molecule has 34 heavy (non-hydrogen) atoms. The number of carboxylic acids is 1. The number of fused-ring (bicyclic) bond motifs is 3. The molecule has 1 aromatic heterocycles. The molecule has 0 aliphatic heterocycles. The number of aliphatic carboxylic acids is 1. The SMILES string of the molecule is Cc1ccc(N(C(=O)OCC2c3ccccc3-c3ccccc32)[C@@H]2CCC[C@H](C(=O)O)C2)nc1. The molecule has 0 radical (unpaired) electrons. The summed E-state index contributed by atoms with van der Waals surface area (Å²) >= 11 is 0. The van der Waals surface area contributed by atoms with Gasteiger partial charge in [-0.2, -0.15) is 0 Å². The Bertz CT molecular complexity index is 1160. The molecule has 0 spiro atoms. The number of hydrogen-bond donors (Lipinski definition) is 1. The predicted molar refractivity (Wildman–Crippen MR) is 130 cm³/mol. The van der Waals surface area contributed by atoms with Gasteiger partial charge in [-0.3, -0.25) is 9.69 Å². The van der Waals surface area contributed by atoms with E-state index in [4.69, 9.17) is 4.74 Å². The van der Waals surface area contributed by atoms with Crippen LogP contribution in [0.15, 0.2) is 66.9 Å². The number of aromatic nitrogens is 1. The van der Waals surface area contributed by atoms with Gasteiger partial charge < -0.3 is 9.84 Å². The van der Waals surface area contributed by atoms with Crippen LogP contribution in [0.5, 0.6) is 0 Å². The average Bonchev–Trinajstić information content (AvgIpc) is 3.18. The minimum Gasteiger partial charge on any atom is -0.481 e. The topological polar surface area (TPSA) is 79.7 Å². The second-order valence-corrected chi connectivity index (χ2v) is 9.22. The van der Waals surface area contributed by atoms with E-state index < -0.39 is 18.0 Å². The Morgan fingerprint density at radius 3 is 2.29 bits per heavy atom. The third kappa shape index (κ3) is 4.16. The normalized spacial score (nSPS) is 19.2. The zero-order valence-electron chi connectivity index (χ0n) is 19.2. The van der Waals surface area contributed by atoms with E-state index in [1.807, 2.05) is 37.3 Å². The maximum Gasteiger partial charge on any atom is 0.415 e. The van der Waals surface area contributed by atoms with Crippen molar-refractivity contribution in [3.8, 4) is 11.1 Å². The largest absolute Gasteiger partial charge is 0.481 e. The van der Waals surface area contributed by atoms with Gasteiger partial charge in [0.2, 0.25) is 0 Å². The van der Waals surface area contributed by atoms with Crippen molar-refractivity contribution < 1.29 is 19.4 Å². The van der Waals surface area contributed by atoms with Crippen LogP contribution in [0.2, 0.25) is 0 Å². The summed E-state index contributed by atoms with van der Waals surface area (Å²) in [6, 6.07) is 19.9. The Morgan fingerprint density at radius 2 is 1.68 bits per heavy atom. The molecule has 174 valence electrons. The number of carbonyl (C=O) groups excluding carboxylic acids is 1. The number of anilines is 1. The van der Waals surface area contributed by atoms with Crippen molar-refractivity contribution in [2.45, 2.75) is 44.6 Å². The average molecular weight is 457 g/mol. The molecular weight excluding hydrogens is 428 g/mol. The molecule has 2 aliphatic carbocycles. The maximum atomic E-state index is 13.5. The van der Waals surface area contributed by atoms with E-state index in [1.165, 1.54) is 11.1 Å². The molecule has 2 aromatic carbocycles. The van der Waals surface area contributed by atoms with E-state index in [0.29, 0.717) is 18.7 Å². The van der Waals surface area contributed by atoms with Gasteiger partial charge in [0, 0.05) is 18.2 Å². The second-order valence-electron chi connectivity index (χ2n) is 9.22. The number of pyridine rings is 1. The van der Waals surface area contributed by atoms with Crippen molar-refractivity contribution in [1.29, 1.82) is 0 Å². The Labute approximate surface area is 199 Å². The molecule has 1 saturated carbocycles. The number of ether oxygens (including phenoxy) is 1. The predicted octanol–water partition coefficient (Wildman–Crippen LogP) is 5.79. The molecule has 1 fully saturated rings. The van der Waals surface area contributed by atoms with Crippen molar-refractivity contribution in [3.05, 3.63) is 83.6 Å². The number of amides is 1. The van der Waals surface area contributed by atoms with Gasteiger partial charge in [-0.25, -0.2) is 9.78 Å². The number of carboxylic acid groups (broad SMARTS) is 1. The first-order valence-electron chi connectivity index (χ1n) is 11.8. The molecule has 0 bridgehead atoms. The van der Waals surface area contributed by atoms with Crippen LogP contribution in [0, 0.1) is 12.8 Å². The Balaban J connectivity index is 1.40. The van der Waals surface area contributed by atoms with Gasteiger partial charge in [-0.05, 0) is 60.1 Å². The molecule has 1 heterocycles. The van der Waals surface area contributed by atoms with Crippen molar-refractivity contribution in [1.82, 2.24) is 4.98 Å². The third-order valence-corrected chi connectivity index (χ3v) is 7.04. The van der Waals surface area contributed by atoms with Crippen molar-refractivity contribution >= 4 is 17.9 Å². The molecule has 5 rings (SSSR count). The van der Waals surface area contributed by atoms with Crippen LogP contribution in [0.3, 0.4) is 0 Å². The standard InChI is InChI=1S/C28H28N2O4/c1-18-13-14-26(29-16-18)30(20-8-6-7-19(15-20)27(31)32)28(33)34-17-25-23-11-4-2-9-21(23)22-10-3-5-12-24(22)25/h2-5,9-14,16,19-20,25H,6-8,15,17H2,1H3,(H,31,32)/t19-,20+/m0/s1. The van der Waals surface area contributed by atoms with E-state index in [0.717, 1.165) is 29.5 Å². The molecule has 6 nitrogen and oxygen atoms in total. The molecule has 6 heteroatoms. The fourth-order valence-corrected chi connectivity index (χ4v) is 5.32. The van der Waals surface area contributed by atoms with E-state index in [1.54, 1.807) is 17.2 Å². The van der Waals surface area contributed by atoms with E-state index in [2.05, 4.69) is 29.2 Å². The van der Waals surface area contributed by atoms with Crippen molar-refractivity contribution in [2.24, 2.45) is 5.92 Å². The van der Waals surface area contributed by atoms with Gasteiger partial charge in [0.25, 0.3) is 0 Å². The minimum atomic E-state index is -0.811. The summed E-state index contributed by atoms with van der Waals surface area (Å²) in [5, 5.41) is 9.57. The monoisotopic (exact) mass is 456 g/mol. The van der Waals surface area contributed by atoms with Gasteiger partial charge in [0.15, 0.2) is 0 Å². The molecule has 2 aliphatic rings. The first kappa shape index (κ1) is 22.1. The van der Waals surface area contributed by atoms with Crippen molar-refractivity contribution in [3.63, 3.8) is 0 Å². The van der Waals surface area contributed by atoms with E-state index in [9.17, 15) is 14.7 Å². The number of carbonyl (C=O) groups is 2. The first-order valence-corrected chi connectivity index (χ1v) is 11.8. The quantitative estimate of drug-likeness (QED) is 0.526. The summed E-state index contributed by atoms with van der Waals surface area (Å²) in [4.78, 5) is 31.2. The second kappa shape index (κ2) is 9.29. The summed E-state index contributed by atoms with van der Waals surface area (Å²) in [5.41, 5.74) is 5.64. The lowest BCUT2D eigenvalue weighted by atomic mass is 9.85. The van der Waals surface area contributed by atoms with E-state index in [-0.39, 0.29) is 18.6 Å². The highest BCUT2D eigenvalue weighted by Gasteiger charge is 2.36. The highest BCUT2D eigenvalue weighted by molar-refractivity contribution is 5.87. The Hall–Kier alpha value is -3.67. The molecule has 3 aromatic rings. The summed E-state index contributed by atoms with van der Waals surface area (Å²) in [7, 11) is 0. The lowest BCUT2D eigenvalue weighted by Crippen LogP contribution is -2.45. The fourth-order valence-electron chi connectivity index (χ4n) is 5.32. The highest BCUT2D eigenvalue weighted by Crippen LogP contribution is 2.44. The number of nitrogens with zero attached hydrogens (tertiary/aromatic N) is 2. The van der Waals surface area contributed by atoms with Crippen molar-refractivity contribution in [2.75, 3.05) is 11.5 Å². The van der Waals surface area contributed by atoms with Crippen LogP contribution in [0.4, 0.5) is 10.6 Å². The fraction of sp³-hybridized carbons (Fsp3) is 0.321. The summed E-state index contributed by atoms with van der Waals surface area (Å²) in [5.74, 6) is -0.816. The molecule has 1 amide bonds. The highest BCUT2D eigenvalue weighted by atomic mass is 16.6. The van der Waals surface area contributed by atoms with E-state index >= 15 is 0 Å². The number of aryl methyl sites for hydroxylation is 1. The van der Waals surface area contributed by atoms with Gasteiger partial charge in [-0.1, -0.05) is 61.0 Å². The number of hydrogen-bond acceptors (Lipinski definition) is 4. The molecular formula is C28H28N2O4. The smallest absolute Gasteiger partial charge is 0.415 e. The summed E-state index contributed by atoms with van der Waals surface area (Å²) in [6.45, 7) is 2.15. The Kier molecular flexibility index (Phi) is 6.05. The molecule has 0 saturated heterocycles. The van der Waals surface area contributed by atoms with Crippen LogP contribution in [-0.4, -0.2) is 34.8 Å². The first-order chi connectivity index (χ1) is 16.5. The van der Waals surface area contributed by atoms with Gasteiger partial charge >= 0.3 is 12.1 Å². The van der Waals surface area contributed by atoms with Gasteiger partial charge in [0.05, 0.1) is 5.92 Å². The minimum absolute atomic E-state index is 0.0395. The lowest BCUT2D eigenvalue weighted by molar-refractivity contribution is -0.142. The molecule has 1 N–H and O–H groups in total. The number of benzene rings is 2. The maximum absolute atomic E-state index is 13.5. The zero-order valence-corrected chi connectivity index (χ0v) is 19.2. The third-order valence-electron chi connectivity index (χ3n) is 7.04. The van der Waals surface area contributed by atoms with Crippen LogP contribution in [0.1, 0.15) is 48.3 Å².